The predicted molar refractivity (Wildman–Crippen MR) is 293 cm³/mol. The second kappa shape index (κ2) is 15.4. The van der Waals surface area contributed by atoms with Gasteiger partial charge in [0.1, 0.15) is 0 Å². The largest absolute Gasteiger partial charge is 0.354 e. The van der Waals surface area contributed by atoms with Gasteiger partial charge in [0.2, 0.25) is 0 Å². The van der Waals surface area contributed by atoms with Crippen LogP contribution in [0.25, 0.3) is 124 Å². The summed E-state index contributed by atoms with van der Waals surface area (Å²) in [6.07, 6.45) is 17.3. The van der Waals surface area contributed by atoms with E-state index in [0.717, 1.165) is 114 Å². The summed E-state index contributed by atoms with van der Waals surface area (Å²) in [5, 5.41) is 0. The minimum absolute atomic E-state index is 0.830. The van der Waals surface area contributed by atoms with Crippen molar-refractivity contribution in [3.05, 3.63) is 238 Å². The van der Waals surface area contributed by atoms with Crippen molar-refractivity contribution in [2.75, 3.05) is 0 Å². The molecule has 2 aliphatic heterocycles. The van der Waals surface area contributed by atoms with E-state index in [2.05, 4.69) is 204 Å². The highest BCUT2D eigenvalue weighted by molar-refractivity contribution is 6.01. The minimum atomic E-state index is 0.830. The van der Waals surface area contributed by atoms with E-state index in [4.69, 9.17) is 16.4 Å². The third-order valence-corrected chi connectivity index (χ3v) is 15.3. The van der Waals surface area contributed by atoms with Crippen molar-refractivity contribution < 1.29 is 0 Å². The zero-order valence-electron chi connectivity index (χ0n) is 38.6. The molecule has 0 saturated carbocycles. The Morgan fingerprint density at radius 3 is 0.986 bits per heavy atom. The summed E-state index contributed by atoms with van der Waals surface area (Å²) in [7, 11) is 0. The first-order chi connectivity index (χ1) is 35.1. The van der Waals surface area contributed by atoms with Crippen LogP contribution in [0.3, 0.4) is 0 Å². The maximum atomic E-state index is 5.90. The number of hydrogen-bond acceptors (Lipinski definition) is 2. The zero-order valence-corrected chi connectivity index (χ0v) is 38.6. The van der Waals surface area contributed by atoms with Crippen LogP contribution in [0.5, 0.6) is 0 Å². The predicted octanol–water partition coefficient (Wildman–Crippen LogP) is 16.0. The number of aromatic amines is 2. The maximum Gasteiger partial charge on any atom is 0.0737 e. The molecule has 10 aromatic rings. The van der Waals surface area contributed by atoms with E-state index in [0.29, 0.717) is 0 Å². The van der Waals surface area contributed by atoms with Crippen LogP contribution in [0, 0.1) is 12.3 Å². The molecule has 4 heteroatoms. The molecule has 3 aromatic heterocycles. The first-order valence-corrected chi connectivity index (χ1v) is 24.5. The highest BCUT2D eigenvalue weighted by Gasteiger charge is 2.25. The van der Waals surface area contributed by atoms with Crippen LogP contribution >= 0.6 is 0 Å². The van der Waals surface area contributed by atoms with Crippen LogP contribution in [0.1, 0.15) is 61.7 Å². The summed E-state index contributed by atoms with van der Waals surface area (Å²) in [6, 6.07) is 64.3. The molecule has 0 radical (unpaired) electrons. The van der Waals surface area contributed by atoms with E-state index in [1.165, 1.54) is 66.8 Å². The van der Waals surface area contributed by atoms with E-state index in [1.54, 1.807) is 0 Å². The molecule has 0 amide bonds. The number of aromatic nitrogens is 4. The number of hydrogen-bond donors (Lipinski definition) is 2. The normalized spacial score (nSPS) is 13.1. The van der Waals surface area contributed by atoms with Crippen LogP contribution in [-0.4, -0.2) is 19.9 Å². The third kappa shape index (κ3) is 6.27. The Labute approximate surface area is 411 Å². The molecular formula is C67H42N4. The second-order valence-electron chi connectivity index (χ2n) is 19.3. The molecule has 15 rings (SSSR count). The SMILES string of the molecule is C#Cc1ccc(-c2c3nc(c(-c4ccc5c(c4)Cc4ccccc4-5)c4ccc([nH]4)c(-c4ccc5c(c4)Cc4ccccc4-5)c4nc(c(-c5ccc6c(c5)Cc5ccccc5-6)c5ccc2[nH]5)C=C4)C=C3)cc1. The van der Waals surface area contributed by atoms with Crippen molar-refractivity contribution in [3.63, 3.8) is 0 Å². The molecule has 71 heavy (non-hydrogen) atoms. The minimum Gasteiger partial charge on any atom is -0.354 e. The van der Waals surface area contributed by atoms with E-state index >= 15 is 0 Å². The van der Waals surface area contributed by atoms with Gasteiger partial charge in [0, 0.05) is 49.9 Å². The van der Waals surface area contributed by atoms with Crippen molar-refractivity contribution >= 4 is 46.4 Å². The van der Waals surface area contributed by atoms with Gasteiger partial charge >= 0.3 is 0 Å². The standard InChI is InChI=1S/C67H42N4/c1-2-39-15-17-40(18-16-39)64-56-25-27-58(68-56)65(44-19-22-53-47(36-44)33-41-9-3-6-12-50(41)53)60-29-31-62(70-60)67(46-21-24-55-49(38-46)35-43-11-5-8-14-52(43)55)63-32-30-61(71-63)66(59-28-26-57(64)69-59)45-20-23-54-48(37-45)34-42-10-4-7-13-51(42)54/h1,3-32,36-38,68,71H,33-35H2. The van der Waals surface area contributed by atoms with Crippen molar-refractivity contribution in [2.24, 2.45) is 0 Å². The number of benzene rings is 7. The fourth-order valence-corrected chi connectivity index (χ4v) is 12.1. The number of H-pyrrole nitrogens is 2. The number of terminal acetylenes is 1. The van der Waals surface area contributed by atoms with Gasteiger partial charge in [0.15, 0.2) is 0 Å². The van der Waals surface area contributed by atoms with Gasteiger partial charge in [-0.3, -0.25) is 0 Å². The van der Waals surface area contributed by atoms with Gasteiger partial charge in [0.25, 0.3) is 0 Å². The summed E-state index contributed by atoms with van der Waals surface area (Å²) < 4.78 is 0. The Hall–Kier alpha value is -9.30. The van der Waals surface area contributed by atoms with Gasteiger partial charge in [0.05, 0.1) is 22.8 Å². The summed E-state index contributed by atoms with van der Waals surface area (Å²) in [6.45, 7) is 0. The molecule has 3 aliphatic carbocycles. The summed E-state index contributed by atoms with van der Waals surface area (Å²) in [4.78, 5) is 19.2. The van der Waals surface area contributed by atoms with Crippen molar-refractivity contribution in [2.45, 2.75) is 19.3 Å². The Kier molecular flexibility index (Phi) is 8.58. The van der Waals surface area contributed by atoms with Crippen LogP contribution in [0.2, 0.25) is 0 Å². The summed E-state index contributed by atoms with van der Waals surface area (Å²) in [5.41, 5.74) is 32.7. The van der Waals surface area contributed by atoms with Crippen LogP contribution in [0.15, 0.2) is 176 Å². The topological polar surface area (TPSA) is 57.4 Å². The molecule has 0 saturated heterocycles. The number of rotatable bonds is 4. The van der Waals surface area contributed by atoms with Crippen LogP contribution < -0.4 is 0 Å². The molecule has 0 atom stereocenters. The van der Waals surface area contributed by atoms with Gasteiger partial charge in [-0.15, -0.1) is 6.42 Å². The van der Waals surface area contributed by atoms with Crippen molar-refractivity contribution in [3.8, 4) is 90.2 Å². The first kappa shape index (κ1) is 39.7. The monoisotopic (exact) mass is 902 g/mol. The fourth-order valence-electron chi connectivity index (χ4n) is 12.1. The van der Waals surface area contributed by atoms with Crippen LogP contribution in [0.4, 0.5) is 0 Å². The lowest BCUT2D eigenvalue weighted by atomic mass is 9.98. The Morgan fingerprint density at radius 2 is 0.634 bits per heavy atom. The highest BCUT2D eigenvalue weighted by atomic mass is 14.8. The van der Waals surface area contributed by atoms with E-state index < -0.39 is 0 Å². The molecule has 330 valence electrons. The van der Waals surface area contributed by atoms with E-state index in [9.17, 15) is 0 Å². The lowest BCUT2D eigenvalue weighted by molar-refractivity contribution is 1.26. The molecule has 0 unspecified atom stereocenters. The molecule has 5 aliphatic rings. The second-order valence-corrected chi connectivity index (χ2v) is 19.3. The average molecular weight is 903 g/mol. The van der Waals surface area contributed by atoms with E-state index in [1.807, 2.05) is 12.1 Å². The maximum absolute atomic E-state index is 5.90. The average Bonchev–Trinajstić information content (AvgIpc) is 4.29. The Morgan fingerprint density at radius 1 is 0.324 bits per heavy atom. The van der Waals surface area contributed by atoms with Crippen molar-refractivity contribution in [1.29, 1.82) is 0 Å². The van der Waals surface area contributed by atoms with Gasteiger partial charge in [-0.25, -0.2) is 9.97 Å². The quantitative estimate of drug-likeness (QED) is 0.173. The summed E-state index contributed by atoms with van der Waals surface area (Å²) >= 11 is 0. The smallest absolute Gasteiger partial charge is 0.0737 e. The van der Waals surface area contributed by atoms with Gasteiger partial charge < -0.3 is 9.97 Å². The molecule has 2 N–H and O–H groups in total. The molecule has 8 bridgehead atoms. The van der Waals surface area contributed by atoms with Crippen LogP contribution in [-0.2, 0) is 19.3 Å². The van der Waals surface area contributed by atoms with Crippen molar-refractivity contribution in [1.82, 2.24) is 19.9 Å². The van der Waals surface area contributed by atoms with Gasteiger partial charge in [-0.2, -0.15) is 0 Å². The first-order valence-electron chi connectivity index (χ1n) is 24.5. The van der Waals surface area contributed by atoms with E-state index in [-0.39, 0.29) is 0 Å². The Balaban J connectivity index is 1.03. The number of nitrogens with one attached hydrogen (secondary N) is 2. The molecule has 4 nitrogen and oxygen atoms in total. The number of nitrogens with zero attached hydrogens (tertiary/aromatic N) is 2. The zero-order chi connectivity index (χ0) is 46.7. The molecule has 0 spiro atoms. The number of fused-ring (bicyclic) bond motifs is 17. The lowest BCUT2D eigenvalue weighted by Gasteiger charge is -2.10. The summed E-state index contributed by atoms with van der Waals surface area (Å²) in [5.74, 6) is 2.81. The molecule has 0 fully saturated rings. The highest BCUT2D eigenvalue weighted by Crippen LogP contribution is 2.45. The van der Waals surface area contributed by atoms with Gasteiger partial charge in [-0.1, -0.05) is 145 Å². The molecular weight excluding hydrogens is 861 g/mol. The Bertz CT molecular complexity index is 4160. The molecule has 5 heterocycles. The van der Waals surface area contributed by atoms with Gasteiger partial charge in [-0.05, 0) is 169 Å². The fraction of sp³-hybridized carbons (Fsp3) is 0.0448. The third-order valence-electron chi connectivity index (χ3n) is 15.3. The molecule has 7 aromatic carbocycles. The lowest BCUT2D eigenvalue weighted by Crippen LogP contribution is -1.91.